The Labute approximate surface area is 126 Å². The van der Waals surface area contributed by atoms with Crippen LogP contribution in [0.3, 0.4) is 0 Å². The van der Waals surface area contributed by atoms with Crippen molar-refractivity contribution in [1.29, 1.82) is 0 Å². The summed E-state index contributed by atoms with van der Waals surface area (Å²) in [5, 5.41) is 9.00. The van der Waals surface area contributed by atoms with Crippen molar-refractivity contribution in [2.24, 2.45) is 0 Å². The number of H-pyrrole nitrogens is 1. The van der Waals surface area contributed by atoms with Crippen molar-refractivity contribution in [2.45, 2.75) is 6.92 Å². The highest BCUT2D eigenvalue weighted by molar-refractivity contribution is 7.92. The number of carbonyl (C=O) groups is 1. The summed E-state index contributed by atoms with van der Waals surface area (Å²) in [6, 6.07) is 4.38. The molecule has 0 saturated carbocycles. The molecule has 0 unspecified atom stereocenters. The van der Waals surface area contributed by atoms with Crippen LogP contribution in [-0.2, 0) is 10.0 Å². The van der Waals surface area contributed by atoms with Crippen LogP contribution in [-0.4, -0.2) is 35.8 Å². The first-order valence-electron chi connectivity index (χ1n) is 5.72. The zero-order valence-electron chi connectivity index (χ0n) is 11.1. The van der Waals surface area contributed by atoms with Crippen LogP contribution in [0.5, 0.6) is 0 Å². The molecular formula is C11H12ClN5O3S. The van der Waals surface area contributed by atoms with Crippen molar-refractivity contribution in [1.82, 2.24) is 15.2 Å². The number of benzene rings is 1. The third kappa shape index (κ3) is 4.17. The summed E-state index contributed by atoms with van der Waals surface area (Å²) in [5.74, 6) is 0.0204. The van der Waals surface area contributed by atoms with E-state index in [9.17, 15) is 13.2 Å². The molecule has 8 nitrogen and oxygen atoms in total. The van der Waals surface area contributed by atoms with Gasteiger partial charge in [-0.25, -0.2) is 13.4 Å². The summed E-state index contributed by atoms with van der Waals surface area (Å²) in [6.45, 7) is 1.67. The monoisotopic (exact) mass is 329 g/mol. The molecule has 3 N–H and O–H groups in total. The molecule has 2 rings (SSSR count). The van der Waals surface area contributed by atoms with Gasteiger partial charge in [-0.2, -0.15) is 0 Å². The van der Waals surface area contributed by atoms with Crippen LogP contribution in [0, 0.1) is 6.92 Å². The van der Waals surface area contributed by atoms with Gasteiger partial charge in [0.05, 0.1) is 17.0 Å². The molecule has 0 aliphatic carbocycles. The zero-order chi connectivity index (χ0) is 15.6. The average molecular weight is 330 g/mol. The molecule has 0 radical (unpaired) electrons. The largest absolute Gasteiger partial charge is 0.319 e. The first kappa shape index (κ1) is 15.3. The Bertz CT molecular complexity index is 787. The highest BCUT2D eigenvalue weighted by Crippen LogP contribution is 2.26. The molecule has 10 heteroatoms. The number of aromatic amines is 1. The predicted molar refractivity (Wildman–Crippen MR) is 79.0 cm³/mol. The summed E-state index contributed by atoms with van der Waals surface area (Å²) >= 11 is 5.95. The molecule has 0 aliphatic heterocycles. The van der Waals surface area contributed by atoms with Gasteiger partial charge in [0.25, 0.3) is 5.91 Å². The molecular weight excluding hydrogens is 318 g/mol. The number of nitrogens with one attached hydrogen (secondary N) is 3. The Hall–Kier alpha value is -2.13. The highest BCUT2D eigenvalue weighted by Gasteiger charge is 2.13. The molecule has 2 aromatic rings. The smallest absolute Gasteiger partial charge is 0.295 e. The Morgan fingerprint density at radius 2 is 2.10 bits per heavy atom. The van der Waals surface area contributed by atoms with Crippen LogP contribution in [0.15, 0.2) is 18.2 Å². The second kappa shape index (κ2) is 5.70. The number of carbonyl (C=O) groups excluding carboxylic acids is 1. The predicted octanol–water partition coefficient (Wildman–Crippen LogP) is 1.39. The van der Waals surface area contributed by atoms with Crippen molar-refractivity contribution < 1.29 is 13.2 Å². The molecule has 21 heavy (non-hydrogen) atoms. The van der Waals surface area contributed by atoms with Gasteiger partial charge in [0, 0.05) is 5.69 Å². The van der Waals surface area contributed by atoms with Crippen molar-refractivity contribution in [2.75, 3.05) is 16.3 Å². The molecule has 1 aromatic carbocycles. The molecule has 0 atom stereocenters. The topological polar surface area (TPSA) is 117 Å². The van der Waals surface area contributed by atoms with E-state index in [1.807, 2.05) is 0 Å². The molecule has 0 fully saturated rings. The number of aryl methyl sites for hydroxylation is 1. The van der Waals surface area contributed by atoms with E-state index in [2.05, 4.69) is 25.2 Å². The maximum Gasteiger partial charge on any atom is 0.295 e. The minimum absolute atomic E-state index is 0.00181. The Kier molecular flexibility index (Phi) is 4.14. The number of rotatable bonds is 4. The van der Waals surface area contributed by atoms with Crippen LogP contribution >= 0.6 is 11.6 Å². The van der Waals surface area contributed by atoms with Gasteiger partial charge in [-0.05, 0) is 25.1 Å². The van der Waals surface area contributed by atoms with Crippen molar-refractivity contribution in [3.05, 3.63) is 34.9 Å². The molecule has 0 saturated heterocycles. The molecule has 0 spiro atoms. The third-order valence-electron chi connectivity index (χ3n) is 2.32. The fraction of sp³-hybridized carbons (Fsp3) is 0.182. The number of sulfonamides is 1. The lowest BCUT2D eigenvalue weighted by molar-refractivity contribution is 0.101. The van der Waals surface area contributed by atoms with Gasteiger partial charge in [-0.15, -0.1) is 5.10 Å². The fourth-order valence-corrected chi connectivity index (χ4v) is 2.37. The standard InChI is InChI=1S/C11H12ClN5O3S/c1-6-13-10(16-15-6)11(18)14-7-3-4-9(8(12)5-7)17-21(2,19)20/h3-5,17H,1-2H3,(H,14,18)(H,13,15,16). The number of aromatic nitrogens is 3. The number of hydrogen-bond donors (Lipinski definition) is 3. The maximum absolute atomic E-state index is 11.8. The number of amides is 1. The Balaban J connectivity index is 2.15. The van der Waals surface area contributed by atoms with Crippen LogP contribution in [0.25, 0.3) is 0 Å². The number of anilines is 2. The molecule has 1 aromatic heterocycles. The van der Waals surface area contributed by atoms with Crippen LogP contribution in [0.4, 0.5) is 11.4 Å². The Morgan fingerprint density at radius 1 is 1.38 bits per heavy atom. The van der Waals surface area contributed by atoms with E-state index in [0.717, 1.165) is 6.26 Å². The third-order valence-corrected chi connectivity index (χ3v) is 3.23. The molecule has 112 valence electrons. The number of nitrogens with zero attached hydrogens (tertiary/aromatic N) is 2. The second-order valence-electron chi connectivity index (χ2n) is 4.27. The van der Waals surface area contributed by atoms with Crippen molar-refractivity contribution in [3.63, 3.8) is 0 Å². The van der Waals surface area contributed by atoms with Crippen LogP contribution in [0.1, 0.15) is 16.4 Å². The van der Waals surface area contributed by atoms with E-state index in [0.29, 0.717) is 11.5 Å². The minimum atomic E-state index is -3.42. The van der Waals surface area contributed by atoms with E-state index in [4.69, 9.17) is 11.6 Å². The van der Waals surface area contributed by atoms with E-state index >= 15 is 0 Å². The highest BCUT2D eigenvalue weighted by atomic mass is 35.5. The average Bonchev–Trinajstić information content (AvgIpc) is 2.78. The Morgan fingerprint density at radius 3 is 2.62 bits per heavy atom. The van der Waals surface area contributed by atoms with E-state index in [-0.39, 0.29) is 16.5 Å². The fourth-order valence-electron chi connectivity index (χ4n) is 1.51. The van der Waals surface area contributed by atoms with Gasteiger partial charge in [0.15, 0.2) is 0 Å². The number of hydrogen-bond acceptors (Lipinski definition) is 5. The van der Waals surface area contributed by atoms with E-state index in [1.54, 1.807) is 6.92 Å². The minimum Gasteiger partial charge on any atom is -0.319 e. The van der Waals surface area contributed by atoms with Gasteiger partial charge < -0.3 is 5.32 Å². The molecule has 0 bridgehead atoms. The van der Waals surface area contributed by atoms with Crippen LogP contribution < -0.4 is 10.0 Å². The van der Waals surface area contributed by atoms with Crippen LogP contribution in [0.2, 0.25) is 5.02 Å². The lowest BCUT2D eigenvalue weighted by atomic mass is 10.3. The molecule has 0 aliphatic rings. The summed E-state index contributed by atoms with van der Waals surface area (Å²) in [6.07, 6.45) is 1.02. The van der Waals surface area contributed by atoms with E-state index in [1.165, 1.54) is 18.2 Å². The van der Waals surface area contributed by atoms with Gasteiger partial charge in [0.1, 0.15) is 5.82 Å². The van der Waals surface area contributed by atoms with Gasteiger partial charge in [0.2, 0.25) is 15.8 Å². The quantitative estimate of drug-likeness (QED) is 0.783. The lowest BCUT2D eigenvalue weighted by Crippen LogP contribution is -2.14. The maximum atomic E-state index is 11.8. The molecule has 1 amide bonds. The van der Waals surface area contributed by atoms with E-state index < -0.39 is 15.9 Å². The van der Waals surface area contributed by atoms with Gasteiger partial charge >= 0.3 is 0 Å². The van der Waals surface area contributed by atoms with Crippen molar-refractivity contribution in [3.8, 4) is 0 Å². The first-order chi connectivity index (χ1) is 9.74. The summed E-state index contributed by atoms with van der Waals surface area (Å²) in [5.41, 5.74) is 0.623. The van der Waals surface area contributed by atoms with Gasteiger partial charge in [-0.1, -0.05) is 11.6 Å². The van der Waals surface area contributed by atoms with Gasteiger partial charge in [-0.3, -0.25) is 14.6 Å². The first-order valence-corrected chi connectivity index (χ1v) is 7.99. The van der Waals surface area contributed by atoms with Crippen molar-refractivity contribution >= 4 is 38.9 Å². The molecule has 1 heterocycles. The summed E-state index contributed by atoms with van der Waals surface area (Å²) in [7, 11) is -3.42. The normalized spacial score (nSPS) is 11.2. The summed E-state index contributed by atoms with van der Waals surface area (Å²) in [4.78, 5) is 15.7. The zero-order valence-corrected chi connectivity index (χ0v) is 12.7. The SMILES string of the molecule is Cc1nc(C(=O)Nc2ccc(NS(C)(=O)=O)c(Cl)c2)n[nH]1. The number of halogens is 1. The summed E-state index contributed by atoms with van der Waals surface area (Å²) < 4.78 is 24.5. The lowest BCUT2D eigenvalue weighted by Gasteiger charge is -2.08. The second-order valence-corrected chi connectivity index (χ2v) is 6.42.